The van der Waals surface area contributed by atoms with Crippen LogP contribution < -0.4 is 9.80 Å². The molecule has 0 bridgehead atoms. The van der Waals surface area contributed by atoms with Crippen molar-refractivity contribution in [3.63, 3.8) is 0 Å². The van der Waals surface area contributed by atoms with Gasteiger partial charge in [-0.15, -0.1) is 12.4 Å². The largest absolute Gasteiger partial charge is 0.338 e. The number of anilines is 4. The minimum absolute atomic E-state index is 0. The Balaban J connectivity index is 0.000000193. The summed E-state index contributed by atoms with van der Waals surface area (Å²) in [6.45, 7) is 13.3. The van der Waals surface area contributed by atoms with E-state index in [1.165, 1.54) is 42.3 Å². The second-order valence-electron chi connectivity index (χ2n) is 11.2. The van der Waals surface area contributed by atoms with Crippen molar-refractivity contribution < 1.29 is 0 Å². The first-order valence-electron chi connectivity index (χ1n) is 15.1. The average molecular weight is 633 g/mol. The predicted molar refractivity (Wildman–Crippen MR) is 191 cm³/mol. The van der Waals surface area contributed by atoms with Gasteiger partial charge in [0.05, 0.1) is 22.7 Å². The summed E-state index contributed by atoms with van der Waals surface area (Å²) >= 11 is 3.74. The standard InChI is InChI=1S/C19H24N2S.C17H20N2S.ClH/c1-4-20(5-2)15(3)14-21-16-10-6-8-12-18(16)22-19-13-9-7-11-17(19)21;1-13(18(2)3)12-19-14-8-4-6-10-16(14)20-17-11-7-5-9-15(17)19;/h6-13,15H,4-5,14H2,1-3H3;4-11,13H,12H2,1-3H3;1H. The van der Waals surface area contributed by atoms with Crippen LogP contribution in [0.5, 0.6) is 0 Å². The zero-order valence-electron chi connectivity index (χ0n) is 26.2. The van der Waals surface area contributed by atoms with Gasteiger partial charge in [-0.3, -0.25) is 4.90 Å². The van der Waals surface area contributed by atoms with Crippen molar-refractivity contribution in [1.29, 1.82) is 0 Å². The number of benzene rings is 4. The molecular formula is C36H45ClN4S2. The molecule has 0 saturated carbocycles. The van der Waals surface area contributed by atoms with E-state index >= 15 is 0 Å². The normalized spacial score (nSPS) is 14.4. The van der Waals surface area contributed by atoms with E-state index in [9.17, 15) is 0 Å². The van der Waals surface area contributed by atoms with Crippen LogP contribution in [-0.4, -0.2) is 62.2 Å². The van der Waals surface area contributed by atoms with Crippen molar-refractivity contribution >= 4 is 58.7 Å². The zero-order valence-corrected chi connectivity index (χ0v) is 28.7. The first-order chi connectivity index (χ1) is 20.4. The molecule has 4 aromatic carbocycles. The first kappa shape index (κ1) is 33.3. The molecule has 0 amide bonds. The fourth-order valence-electron chi connectivity index (χ4n) is 5.61. The summed E-state index contributed by atoms with van der Waals surface area (Å²) in [6, 6.07) is 35.9. The second-order valence-corrected chi connectivity index (χ2v) is 13.3. The van der Waals surface area contributed by atoms with Gasteiger partial charge in [-0.2, -0.15) is 0 Å². The molecule has 4 nitrogen and oxygen atoms in total. The summed E-state index contributed by atoms with van der Waals surface area (Å²) in [5, 5.41) is 0. The lowest BCUT2D eigenvalue weighted by atomic mass is 10.1. The number of nitrogens with zero attached hydrogens (tertiary/aromatic N) is 4. The number of para-hydroxylation sites is 4. The highest BCUT2D eigenvalue weighted by atomic mass is 35.5. The molecule has 2 heterocycles. The lowest BCUT2D eigenvalue weighted by Gasteiger charge is -2.37. The molecule has 0 fully saturated rings. The second kappa shape index (κ2) is 15.4. The van der Waals surface area contributed by atoms with E-state index in [1.807, 2.05) is 23.5 Å². The number of rotatable bonds is 8. The minimum Gasteiger partial charge on any atom is -0.338 e. The Hall–Kier alpha value is -2.61. The van der Waals surface area contributed by atoms with Gasteiger partial charge in [0, 0.05) is 44.8 Å². The van der Waals surface area contributed by atoms with Gasteiger partial charge in [-0.05, 0) is 89.6 Å². The molecule has 2 atom stereocenters. The fourth-order valence-corrected chi connectivity index (χ4v) is 7.80. The maximum Gasteiger partial charge on any atom is 0.0553 e. The Kier molecular flexibility index (Phi) is 11.9. The smallest absolute Gasteiger partial charge is 0.0553 e. The maximum absolute atomic E-state index is 2.52. The maximum atomic E-state index is 2.52. The summed E-state index contributed by atoms with van der Waals surface area (Å²) < 4.78 is 0. The van der Waals surface area contributed by atoms with Crippen LogP contribution in [0.4, 0.5) is 22.7 Å². The van der Waals surface area contributed by atoms with Gasteiger partial charge in [0.15, 0.2) is 0 Å². The van der Waals surface area contributed by atoms with Crippen LogP contribution >= 0.6 is 35.9 Å². The Morgan fingerprint density at radius 3 is 1.14 bits per heavy atom. The molecule has 0 saturated heterocycles. The molecule has 2 aliphatic rings. The molecule has 0 N–H and O–H groups in total. The van der Waals surface area contributed by atoms with Crippen LogP contribution in [0.2, 0.25) is 0 Å². The first-order valence-corrected chi connectivity index (χ1v) is 16.7. The molecule has 0 aliphatic carbocycles. The van der Waals surface area contributed by atoms with Crippen LogP contribution in [-0.2, 0) is 0 Å². The van der Waals surface area contributed by atoms with Crippen molar-refractivity contribution in [1.82, 2.24) is 9.80 Å². The molecule has 4 aromatic rings. The SMILES string of the molecule is CC(CN1c2ccccc2Sc2ccccc21)N(C)C.CCN(CC)C(C)CN1c2ccccc2Sc2ccccc21.Cl. The van der Waals surface area contributed by atoms with Crippen molar-refractivity contribution in [2.45, 2.75) is 59.4 Å². The summed E-state index contributed by atoms with van der Waals surface area (Å²) in [5.74, 6) is 0. The lowest BCUT2D eigenvalue weighted by Crippen LogP contribution is -2.41. The van der Waals surface area contributed by atoms with Gasteiger partial charge in [0.2, 0.25) is 0 Å². The quantitative estimate of drug-likeness (QED) is 0.190. The molecular weight excluding hydrogens is 588 g/mol. The van der Waals surface area contributed by atoms with E-state index in [1.54, 1.807) is 0 Å². The summed E-state index contributed by atoms with van der Waals surface area (Å²) in [4.78, 5) is 15.1. The third-order valence-corrected chi connectivity index (χ3v) is 10.5. The van der Waals surface area contributed by atoms with E-state index < -0.39 is 0 Å². The topological polar surface area (TPSA) is 13.0 Å². The van der Waals surface area contributed by atoms with Crippen molar-refractivity contribution in [2.24, 2.45) is 0 Å². The molecule has 43 heavy (non-hydrogen) atoms. The Bertz CT molecular complexity index is 1380. The van der Waals surface area contributed by atoms with Gasteiger partial charge < -0.3 is 14.7 Å². The molecule has 6 rings (SSSR count). The van der Waals surface area contributed by atoms with Crippen LogP contribution in [0, 0.1) is 0 Å². The monoisotopic (exact) mass is 632 g/mol. The molecule has 0 radical (unpaired) electrons. The van der Waals surface area contributed by atoms with Gasteiger partial charge >= 0.3 is 0 Å². The van der Waals surface area contributed by atoms with Crippen LogP contribution in [0.25, 0.3) is 0 Å². The molecule has 7 heteroatoms. The summed E-state index contributed by atoms with van der Waals surface area (Å²) in [5.41, 5.74) is 5.32. The highest BCUT2D eigenvalue weighted by molar-refractivity contribution is 8.00. The van der Waals surface area contributed by atoms with E-state index in [-0.39, 0.29) is 12.4 Å². The zero-order chi connectivity index (χ0) is 29.6. The number of fused-ring (bicyclic) bond motifs is 4. The van der Waals surface area contributed by atoms with Gasteiger partial charge in [0.25, 0.3) is 0 Å². The average Bonchev–Trinajstić information content (AvgIpc) is 3.01. The fraction of sp³-hybridized carbons (Fsp3) is 0.333. The van der Waals surface area contributed by atoms with E-state index in [2.05, 4.69) is 158 Å². The van der Waals surface area contributed by atoms with E-state index in [4.69, 9.17) is 0 Å². The predicted octanol–water partition coefficient (Wildman–Crippen LogP) is 9.68. The third kappa shape index (κ3) is 7.55. The number of hydrogen-bond donors (Lipinski definition) is 0. The molecule has 0 spiro atoms. The molecule has 0 aromatic heterocycles. The van der Waals surface area contributed by atoms with Crippen molar-refractivity contribution in [3.05, 3.63) is 97.1 Å². The van der Waals surface area contributed by atoms with Crippen LogP contribution in [0.1, 0.15) is 27.7 Å². The van der Waals surface area contributed by atoms with E-state index in [0.29, 0.717) is 12.1 Å². The van der Waals surface area contributed by atoms with Gasteiger partial charge in [-0.1, -0.05) is 85.9 Å². The Morgan fingerprint density at radius 1 is 0.535 bits per heavy atom. The highest BCUT2D eigenvalue weighted by Crippen LogP contribution is 2.49. The van der Waals surface area contributed by atoms with Crippen molar-refractivity contribution in [2.75, 3.05) is 50.1 Å². The van der Waals surface area contributed by atoms with Crippen molar-refractivity contribution in [3.8, 4) is 0 Å². The number of hydrogen-bond acceptors (Lipinski definition) is 6. The van der Waals surface area contributed by atoms with Gasteiger partial charge in [-0.25, -0.2) is 0 Å². The number of halogens is 1. The minimum atomic E-state index is 0. The van der Waals surface area contributed by atoms with Crippen LogP contribution in [0.15, 0.2) is 117 Å². The van der Waals surface area contributed by atoms with Gasteiger partial charge in [0.1, 0.15) is 0 Å². The molecule has 2 unspecified atom stereocenters. The lowest BCUT2D eigenvalue weighted by molar-refractivity contribution is 0.236. The Morgan fingerprint density at radius 2 is 0.837 bits per heavy atom. The molecule has 228 valence electrons. The number of likely N-dealkylation sites (N-methyl/N-ethyl adjacent to an activating group) is 2. The molecule has 2 aliphatic heterocycles. The Labute approximate surface area is 273 Å². The summed E-state index contributed by atoms with van der Waals surface area (Å²) in [6.07, 6.45) is 0. The van der Waals surface area contributed by atoms with E-state index in [0.717, 1.165) is 26.2 Å². The highest BCUT2D eigenvalue weighted by Gasteiger charge is 2.26. The van der Waals surface area contributed by atoms with Crippen LogP contribution in [0.3, 0.4) is 0 Å². The third-order valence-electron chi connectivity index (χ3n) is 8.27. The summed E-state index contributed by atoms with van der Waals surface area (Å²) in [7, 11) is 4.28.